The summed E-state index contributed by atoms with van der Waals surface area (Å²) in [6.07, 6.45) is 4.59. The molecule has 2 N–H and O–H groups in total. The number of pyridine rings is 1. The number of hydrogen-bond donors (Lipinski definition) is 1. The normalized spacial score (nSPS) is 20.9. The lowest BCUT2D eigenvalue weighted by atomic mass is 9.98. The van der Waals surface area contributed by atoms with Crippen molar-refractivity contribution >= 4 is 11.6 Å². The summed E-state index contributed by atoms with van der Waals surface area (Å²) in [6.45, 7) is 4.00. The smallest absolute Gasteiger partial charge is 0.218 e. The van der Waals surface area contributed by atoms with E-state index >= 15 is 0 Å². The van der Waals surface area contributed by atoms with Crippen molar-refractivity contribution in [3.05, 3.63) is 59.9 Å². The van der Waals surface area contributed by atoms with Gasteiger partial charge in [-0.2, -0.15) is 0 Å². The minimum Gasteiger partial charge on any atom is -0.370 e. The molecule has 0 aliphatic carbocycles. The van der Waals surface area contributed by atoms with Crippen LogP contribution < -0.4 is 10.6 Å². The summed E-state index contributed by atoms with van der Waals surface area (Å²) in [6, 6.07) is 15.1. The van der Waals surface area contributed by atoms with E-state index in [1.165, 1.54) is 11.3 Å². The molecule has 1 fully saturated rings. The second-order valence-corrected chi connectivity index (χ2v) is 7.41. The number of aromatic nitrogens is 1. The highest BCUT2D eigenvalue weighted by molar-refractivity contribution is 5.76. The number of carbonyl (C=O) groups is 1. The van der Waals surface area contributed by atoms with E-state index in [1.54, 1.807) is 0 Å². The fraction of sp³-hybridized carbons (Fsp3) is 0.429. The van der Waals surface area contributed by atoms with Crippen LogP contribution in [0.1, 0.15) is 36.4 Å². The Balaban J connectivity index is 1.41. The van der Waals surface area contributed by atoms with Gasteiger partial charge < -0.3 is 10.6 Å². The zero-order chi connectivity index (χ0) is 17.9. The molecule has 1 saturated heterocycles. The lowest BCUT2D eigenvalue weighted by molar-refractivity contribution is -0.118. The number of carbonyl (C=O) groups excluding carboxylic acids is 1. The number of likely N-dealkylation sites (tertiary alicyclic amines) is 1. The Morgan fingerprint density at radius 2 is 1.88 bits per heavy atom. The molecule has 0 radical (unpaired) electrons. The summed E-state index contributed by atoms with van der Waals surface area (Å²) in [5.41, 5.74) is 9.19. The molecule has 1 unspecified atom stereocenters. The van der Waals surface area contributed by atoms with Gasteiger partial charge in [-0.15, -0.1) is 0 Å². The number of amides is 1. The number of benzene rings is 1. The van der Waals surface area contributed by atoms with E-state index in [-0.39, 0.29) is 11.8 Å². The summed E-state index contributed by atoms with van der Waals surface area (Å²) in [5, 5.41) is 0. The summed E-state index contributed by atoms with van der Waals surface area (Å²) < 4.78 is 0. The van der Waals surface area contributed by atoms with Crippen molar-refractivity contribution in [2.45, 2.75) is 37.8 Å². The second kappa shape index (κ2) is 7.46. The fourth-order valence-electron chi connectivity index (χ4n) is 4.40. The molecule has 0 bridgehead atoms. The number of para-hydroxylation sites is 1. The molecule has 5 heteroatoms. The third-order valence-corrected chi connectivity index (χ3v) is 5.66. The number of nitrogens with zero attached hydrogens (tertiary/aromatic N) is 3. The lowest BCUT2D eigenvalue weighted by Crippen LogP contribution is -2.44. The van der Waals surface area contributed by atoms with Crippen LogP contribution in [0.15, 0.2) is 48.7 Å². The molecule has 4 rings (SSSR count). The van der Waals surface area contributed by atoms with E-state index in [0.29, 0.717) is 12.5 Å². The van der Waals surface area contributed by atoms with E-state index in [9.17, 15) is 4.79 Å². The molecule has 1 aromatic carbocycles. The zero-order valence-electron chi connectivity index (χ0n) is 15.1. The van der Waals surface area contributed by atoms with Gasteiger partial charge in [0.15, 0.2) is 0 Å². The van der Waals surface area contributed by atoms with Crippen molar-refractivity contribution in [1.82, 2.24) is 9.88 Å². The van der Waals surface area contributed by atoms with Gasteiger partial charge in [-0.3, -0.25) is 14.7 Å². The zero-order valence-corrected chi connectivity index (χ0v) is 15.1. The van der Waals surface area contributed by atoms with Crippen LogP contribution in [-0.4, -0.2) is 41.5 Å². The van der Waals surface area contributed by atoms with Gasteiger partial charge in [0.25, 0.3) is 0 Å². The van der Waals surface area contributed by atoms with Crippen molar-refractivity contribution in [3.63, 3.8) is 0 Å². The van der Waals surface area contributed by atoms with Gasteiger partial charge in [0.1, 0.15) is 0 Å². The van der Waals surface area contributed by atoms with Crippen LogP contribution in [0.2, 0.25) is 0 Å². The van der Waals surface area contributed by atoms with Crippen LogP contribution in [0.4, 0.5) is 5.69 Å². The number of piperidine rings is 1. The first kappa shape index (κ1) is 17.0. The molecule has 2 aromatic rings. The third kappa shape index (κ3) is 3.58. The van der Waals surface area contributed by atoms with Crippen LogP contribution in [0.25, 0.3) is 0 Å². The first-order valence-corrected chi connectivity index (χ1v) is 9.47. The Morgan fingerprint density at radius 3 is 2.62 bits per heavy atom. The standard InChI is InChI=1S/C21H26N4O/c22-21(26)13-16-14-25(20-7-2-1-6-19(16)20)18-8-11-24(12-9-18)15-17-5-3-4-10-23-17/h1-7,10,16,18H,8-9,11-15H2,(H2,22,26). The highest BCUT2D eigenvalue weighted by atomic mass is 16.1. The number of primary amides is 1. The number of nitrogens with two attached hydrogens (primary N) is 1. The van der Waals surface area contributed by atoms with Gasteiger partial charge in [0, 0.05) is 56.4 Å². The van der Waals surface area contributed by atoms with Crippen LogP contribution in [0.3, 0.4) is 0 Å². The van der Waals surface area contributed by atoms with Crippen LogP contribution in [0.5, 0.6) is 0 Å². The first-order chi connectivity index (χ1) is 12.7. The number of rotatable bonds is 5. The second-order valence-electron chi connectivity index (χ2n) is 7.41. The van der Waals surface area contributed by atoms with E-state index in [2.05, 4.69) is 51.2 Å². The minimum atomic E-state index is -0.211. The van der Waals surface area contributed by atoms with Crippen molar-refractivity contribution < 1.29 is 4.79 Å². The number of anilines is 1. The van der Waals surface area contributed by atoms with E-state index in [1.807, 2.05) is 12.3 Å². The van der Waals surface area contributed by atoms with Gasteiger partial charge in [0.05, 0.1) is 5.69 Å². The lowest BCUT2D eigenvalue weighted by Gasteiger charge is -2.38. The van der Waals surface area contributed by atoms with Crippen molar-refractivity contribution in [2.24, 2.45) is 5.73 Å². The Morgan fingerprint density at radius 1 is 1.12 bits per heavy atom. The minimum absolute atomic E-state index is 0.211. The molecule has 2 aliphatic heterocycles. The molecular formula is C21H26N4O. The summed E-state index contributed by atoms with van der Waals surface area (Å²) in [7, 11) is 0. The average molecular weight is 350 g/mol. The predicted octanol–water partition coefficient (Wildman–Crippen LogP) is 2.53. The Hall–Kier alpha value is -2.40. The maximum atomic E-state index is 11.5. The van der Waals surface area contributed by atoms with Crippen LogP contribution in [-0.2, 0) is 11.3 Å². The monoisotopic (exact) mass is 350 g/mol. The first-order valence-electron chi connectivity index (χ1n) is 9.47. The van der Waals surface area contributed by atoms with Gasteiger partial charge in [0.2, 0.25) is 5.91 Å². The summed E-state index contributed by atoms with van der Waals surface area (Å²) in [4.78, 5) is 20.9. The molecule has 1 amide bonds. The highest BCUT2D eigenvalue weighted by Crippen LogP contribution is 2.40. The molecule has 1 aromatic heterocycles. The molecular weight excluding hydrogens is 324 g/mol. The molecule has 3 heterocycles. The molecule has 0 spiro atoms. The number of fused-ring (bicyclic) bond motifs is 1. The van der Waals surface area contributed by atoms with E-state index in [4.69, 9.17) is 5.73 Å². The van der Waals surface area contributed by atoms with E-state index < -0.39 is 0 Å². The van der Waals surface area contributed by atoms with Crippen LogP contribution >= 0.6 is 0 Å². The summed E-state index contributed by atoms with van der Waals surface area (Å²) >= 11 is 0. The molecule has 136 valence electrons. The number of hydrogen-bond acceptors (Lipinski definition) is 4. The summed E-state index contributed by atoms with van der Waals surface area (Å²) in [5.74, 6) is 0.0204. The predicted molar refractivity (Wildman–Crippen MR) is 103 cm³/mol. The fourth-order valence-corrected chi connectivity index (χ4v) is 4.40. The molecule has 1 atom stereocenters. The van der Waals surface area contributed by atoms with Gasteiger partial charge >= 0.3 is 0 Å². The van der Waals surface area contributed by atoms with Gasteiger partial charge in [-0.05, 0) is 36.6 Å². The molecule has 2 aliphatic rings. The maximum absolute atomic E-state index is 11.5. The molecule has 26 heavy (non-hydrogen) atoms. The van der Waals surface area contributed by atoms with Crippen LogP contribution in [0, 0.1) is 0 Å². The van der Waals surface area contributed by atoms with E-state index in [0.717, 1.165) is 44.7 Å². The van der Waals surface area contributed by atoms with Gasteiger partial charge in [-0.1, -0.05) is 24.3 Å². The van der Waals surface area contributed by atoms with Crippen molar-refractivity contribution in [1.29, 1.82) is 0 Å². The third-order valence-electron chi connectivity index (χ3n) is 5.66. The SMILES string of the molecule is NC(=O)CC1CN(C2CCN(Cc3ccccn3)CC2)c2ccccc21. The van der Waals surface area contributed by atoms with Crippen molar-refractivity contribution in [2.75, 3.05) is 24.5 Å². The Labute approximate surface area is 154 Å². The highest BCUT2D eigenvalue weighted by Gasteiger charge is 2.34. The van der Waals surface area contributed by atoms with Crippen molar-refractivity contribution in [3.8, 4) is 0 Å². The molecule has 0 saturated carbocycles. The quantitative estimate of drug-likeness (QED) is 0.900. The van der Waals surface area contributed by atoms with Gasteiger partial charge in [-0.25, -0.2) is 0 Å². The maximum Gasteiger partial charge on any atom is 0.218 e. The Kier molecular flexibility index (Phi) is 4.89. The average Bonchev–Trinajstić information content (AvgIpc) is 3.01. The topological polar surface area (TPSA) is 62.5 Å². The molecule has 5 nitrogen and oxygen atoms in total. The Bertz CT molecular complexity index is 756. The largest absolute Gasteiger partial charge is 0.370 e.